The summed E-state index contributed by atoms with van der Waals surface area (Å²) in [6, 6.07) is 2.03. The molecule has 2 aromatic heterocycles. The first-order valence-corrected chi connectivity index (χ1v) is 6.51. The Kier molecular flexibility index (Phi) is 2.71. The highest BCUT2D eigenvalue weighted by molar-refractivity contribution is 7.17. The summed E-state index contributed by atoms with van der Waals surface area (Å²) in [7, 11) is 0. The molecule has 3 heterocycles. The minimum Gasteiger partial charge on any atom is -0.302 e. The molecule has 0 radical (unpaired) electrons. The molecule has 2 aromatic rings. The molecule has 16 heavy (non-hydrogen) atoms. The normalized spacial score (nSPS) is 17.8. The third kappa shape index (κ3) is 1.88. The van der Waals surface area contributed by atoms with Gasteiger partial charge in [0.1, 0.15) is 6.33 Å². The van der Waals surface area contributed by atoms with E-state index < -0.39 is 0 Å². The van der Waals surface area contributed by atoms with Crippen molar-refractivity contribution in [2.45, 2.75) is 19.3 Å². The Morgan fingerprint density at radius 2 is 2.06 bits per heavy atom. The van der Waals surface area contributed by atoms with Gasteiger partial charge >= 0.3 is 0 Å². The molecule has 1 fully saturated rings. The van der Waals surface area contributed by atoms with Crippen LogP contribution in [0.4, 0.5) is 5.82 Å². The van der Waals surface area contributed by atoms with Crippen molar-refractivity contribution in [3.63, 3.8) is 0 Å². The summed E-state index contributed by atoms with van der Waals surface area (Å²) in [5.41, 5.74) is 4.43. The quantitative estimate of drug-likeness (QED) is 0.867. The Hall–Kier alpha value is -1.20. The van der Waals surface area contributed by atoms with Crippen LogP contribution >= 0.6 is 11.3 Å². The molecule has 0 bridgehead atoms. The van der Waals surface area contributed by atoms with Crippen molar-refractivity contribution < 1.29 is 0 Å². The van der Waals surface area contributed by atoms with Gasteiger partial charge in [0, 0.05) is 13.1 Å². The molecule has 5 heteroatoms. The number of thiophene rings is 1. The van der Waals surface area contributed by atoms with Gasteiger partial charge in [-0.1, -0.05) is 6.42 Å². The van der Waals surface area contributed by atoms with Gasteiger partial charge in [-0.15, -0.1) is 11.3 Å². The van der Waals surface area contributed by atoms with E-state index in [0.717, 1.165) is 29.1 Å². The minimum absolute atomic E-state index is 0.946. The number of rotatable bonds is 2. The summed E-state index contributed by atoms with van der Waals surface area (Å²) in [5.74, 6) is 0.946. The zero-order chi connectivity index (χ0) is 10.8. The van der Waals surface area contributed by atoms with E-state index in [-0.39, 0.29) is 0 Å². The molecule has 0 amide bonds. The van der Waals surface area contributed by atoms with Gasteiger partial charge in [-0.25, -0.2) is 15.0 Å². The number of hydrogen-bond donors (Lipinski definition) is 1. The van der Waals surface area contributed by atoms with Gasteiger partial charge in [0.05, 0.1) is 10.2 Å². The van der Waals surface area contributed by atoms with E-state index in [0.29, 0.717) is 0 Å². The molecule has 1 aliphatic heterocycles. The number of aromatic nitrogens is 2. The maximum atomic E-state index is 4.32. The lowest BCUT2D eigenvalue weighted by Crippen LogP contribution is -2.35. The second-order valence-corrected chi connectivity index (χ2v) is 4.93. The molecular weight excluding hydrogens is 220 g/mol. The smallest absolute Gasteiger partial charge is 0.161 e. The molecule has 1 N–H and O–H groups in total. The van der Waals surface area contributed by atoms with Crippen LogP contribution < -0.4 is 5.43 Å². The Morgan fingerprint density at radius 3 is 2.94 bits per heavy atom. The Balaban J connectivity index is 1.85. The first-order valence-electron chi connectivity index (χ1n) is 5.63. The molecule has 0 spiro atoms. The Labute approximate surface area is 98.3 Å². The SMILES string of the molecule is c1nc(NN2CCCCC2)c2sccc2n1. The van der Waals surface area contributed by atoms with E-state index in [4.69, 9.17) is 0 Å². The van der Waals surface area contributed by atoms with Crippen LogP contribution in [0.3, 0.4) is 0 Å². The maximum absolute atomic E-state index is 4.32. The zero-order valence-corrected chi connectivity index (χ0v) is 9.83. The molecule has 0 atom stereocenters. The number of fused-ring (bicyclic) bond motifs is 1. The summed E-state index contributed by atoms with van der Waals surface area (Å²) < 4.78 is 1.15. The summed E-state index contributed by atoms with van der Waals surface area (Å²) in [5, 5.41) is 4.31. The monoisotopic (exact) mass is 234 g/mol. The van der Waals surface area contributed by atoms with E-state index >= 15 is 0 Å². The second kappa shape index (κ2) is 4.35. The molecule has 0 aliphatic carbocycles. The third-order valence-corrected chi connectivity index (χ3v) is 3.77. The van der Waals surface area contributed by atoms with Gasteiger partial charge in [0.2, 0.25) is 0 Å². The van der Waals surface area contributed by atoms with Crippen LogP contribution in [0, 0.1) is 0 Å². The van der Waals surface area contributed by atoms with Gasteiger partial charge in [0.15, 0.2) is 5.82 Å². The predicted molar refractivity (Wildman–Crippen MR) is 66.5 cm³/mol. The average Bonchev–Trinajstić information content (AvgIpc) is 2.80. The van der Waals surface area contributed by atoms with Crippen LogP contribution in [-0.2, 0) is 0 Å². The van der Waals surface area contributed by atoms with Crippen molar-refractivity contribution in [2.75, 3.05) is 18.5 Å². The fourth-order valence-electron chi connectivity index (χ4n) is 2.02. The molecule has 0 aromatic carbocycles. The summed E-state index contributed by atoms with van der Waals surface area (Å²) in [6.45, 7) is 2.22. The Bertz CT molecular complexity index is 476. The molecule has 3 rings (SSSR count). The van der Waals surface area contributed by atoms with Crippen LogP contribution in [0.5, 0.6) is 0 Å². The van der Waals surface area contributed by atoms with E-state index in [1.54, 1.807) is 17.7 Å². The summed E-state index contributed by atoms with van der Waals surface area (Å²) in [4.78, 5) is 8.56. The number of hydrazine groups is 1. The van der Waals surface area contributed by atoms with E-state index in [2.05, 4.69) is 25.8 Å². The Morgan fingerprint density at radius 1 is 1.19 bits per heavy atom. The number of nitrogens with zero attached hydrogens (tertiary/aromatic N) is 3. The summed E-state index contributed by atoms with van der Waals surface area (Å²) >= 11 is 1.69. The van der Waals surface area contributed by atoms with E-state index in [9.17, 15) is 0 Å². The molecular formula is C11H14N4S. The molecule has 0 unspecified atom stereocenters. The fraction of sp³-hybridized carbons (Fsp3) is 0.455. The lowest BCUT2D eigenvalue weighted by molar-refractivity contribution is 0.272. The van der Waals surface area contributed by atoms with Gasteiger partial charge in [-0.05, 0) is 24.3 Å². The number of nitrogens with one attached hydrogen (secondary N) is 1. The first kappa shape index (κ1) is 9.99. The van der Waals surface area contributed by atoms with Crippen molar-refractivity contribution in [3.05, 3.63) is 17.8 Å². The molecule has 1 aliphatic rings. The topological polar surface area (TPSA) is 41.1 Å². The van der Waals surface area contributed by atoms with Crippen molar-refractivity contribution in [3.8, 4) is 0 Å². The van der Waals surface area contributed by atoms with Gasteiger partial charge < -0.3 is 5.43 Å². The first-order chi connectivity index (χ1) is 7.93. The average molecular weight is 234 g/mol. The minimum atomic E-state index is 0.946. The van der Waals surface area contributed by atoms with Crippen molar-refractivity contribution in [1.82, 2.24) is 15.0 Å². The lowest BCUT2D eigenvalue weighted by atomic mass is 10.2. The van der Waals surface area contributed by atoms with Crippen molar-refractivity contribution in [2.24, 2.45) is 0 Å². The number of hydrogen-bond acceptors (Lipinski definition) is 5. The standard InChI is InChI=1S/C11H14N4S/c1-2-5-15(6-3-1)14-11-10-9(4-7-16-10)12-8-13-11/h4,7-8H,1-3,5-6H2,(H,12,13,14). The molecule has 0 saturated carbocycles. The number of anilines is 1. The van der Waals surface area contributed by atoms with Gasteiger partial charge in [0.25, 0.3) is 0 Å². The fourth-order valence-corrected chi connectivity index (χ4v) is 2.81. The lowest BCUT2D eigenvalue weighted by Gasteiger charge is -2.27. The largest absolute Gasteiger partial charge is 0.302 e. The van der Waals surface area contributed by atoms with Gasteiger partial charge in [-0.3, -0.25) is 0 Å². The van der Waals surface area contributed by atoms with Crippen LogP contribution in [0.25, 0.3) is 10.2 Å². The molecule has 4 nitrogen and oxygen atoms in total. The maximum Gasteiger partial charge on any atom is 0.161 e. The van der Waals surface area contributed by atoms with Crippen LogP contribution in [0.15, 0.2) is 17.8 Å². The third-order valence-electron chi connectivity index (χ3n) is 2.86. The van der Waals surface area contributed by atoms with Crippen LogP contribution in [-0.4, -0.2) is 28.1 Å². The highest BCUT2D eigenvalue weighted by Gasteiger charge is 2.12. The van der Waals surface area contributed by atoms with E-state index in [1.807, 2.05) is 6.07 Å². The second-order valence-electron chi connectivity index (χ2n) is 4.02. The molecule has 84 valence electrons. The van der Waals surface area contributed by atoms with Gasteiger partial charge in [-0.2, -0.15) is 0 Å². The molecule has 1 saturated heterocycles. The van der Waals surface area contributed by atoms with Crippen LogP contribution in [0.2, 0.25) is 0 Å². The highest BCUT2D eigenvalue weighted by atomic mass is 32.1. The number of piperidine rings is 1. The van der Waals surface area contributed by atoms with Crippen molar-refractivity contribution >= 4 is 27.4 Å². The van der Waals surface area contributed by atoms with Crippen molar-refractivity contribution in [1.29, 1.82) is 0 Å². The zero-order valence-electron chi connectivity index (χ0n) is 9.02. The summed E-state index contributed by atoms with van der Waals surface area (Å²) in [6.07, 6.45) is 5.51. The van der Waals surface area contributed by atoms with E-state index in [1.165, 1.54) is 19.3 Å². The predicted octanol–water partition coefficient (Wildman–Crippen LogP) is 2.50. The highest BCUT2D eigenvalue weighted by Crippen LogP contribution is 2.25. The van der Waals surface area contributed by atoms with Crippen LogP contribution in [0.1, 0.15) is 19.3 Å².